The molecule has 0 saturated heterocycles. The van der Waals surface area contributed by atoms with Crippen molar-refractivity contribution in [2.45, 2.75) is 6.92 Å². The third-order valence-corrected chi connectivity index (χ3v) is 4.79. The van der Waals surface area contributed by atoms with Crippen LogP contribution in [0.3, 0.4) is 0 Å². The van der Waals surface area contributed by atoms with Crippen LogP contribution in [0.25, 0.3) is 11.1 Å². The zero-order valence-electron chi connectivity index (χ0n) is 16.2. The van der Waals surface area contributed by atoms with Gasteiger partial charge >= 0.3 is 0 Å². The molecule has 0 aromatic heterocycles. The number of halogens is 3. The lowest BCUT2D eigenvalue weighted by Gasteiger charge is -2.11. The highest BCUT2D eigenvalue weighted by molar-refractivity contribution is 6.14. The number of hydrogen-bond acceptors (Lipinski definition) is 1. The van der Waals surface area contributed by atoms with Crippen LogP contribution in [0.15, 0.2) is 96.0 Å². The summed E-state index contributed by atoms with van der Waals surface area (Å²) in [5.41, 5.74) is 3.94. The van der Waals surface area contributed by atoms with Gasteiger partial charge in [-0.05, 0) is 36.2 Å². The molecule has 4 rings (SSSR count). The van der Waals surface area contributed by atoms with Crippen molar-refractivity contribution in [2.75, 3.05) is 0 Å². The SMILES string of the molecule is Cc1cc(-c2cc(F)cc(F)c2)c(F)cc1N=C(c1ccccc1)c1ccccc1. The van der Waals surface area contributed by atoms with E-state index in [2.05, 4.69) is 0 Å². The van der Waals surface area contributed by atoms with Crippen LogP contribution in [-0.4, -0.2) is 5.71 Å². The van der Waals surface area contributed by atoms with Gasteiger partial charge in [-0.3, -0.25) is 0 Å². The van der Waals surface area contributed by atoms with Crippen LogP contribution in [0.2, 0.25) is 0 Å². The van der Waals surface area contributed by atoms with E-state index in [1.54, 1.807) is 13.0 Å². The van der Waals surface area contributed by atoms with Crippen LogP contribution < -0.4 is 0 Å². The van der Waals surface area contributed by atoms with E-state index < -0.39 is 17.5 Å². The third-order valence-electron chi connectivity index (χ3n) is 4.79. The largest absolute Gasteiger partial charge is 0.247 e. The topological polar surface area (TPSA) is 12.4 Å². The molecule has 0 saturated carbocycles. The van der Waals surface area contributed by atoms with Crippen LogP contribution in [0, 0.1) is 24.4 Å². The fourth-order valence-electron chi connectivity index (χ4n) is 3.33. The predicted octanol–water partition coefficient (Wildman–Crippen LogP) is 7.25. The highest BCUT2D eigenvalue weighted by Crippen LogP contribution is 2.31. The molecule has 30 heavy (non-hydrogen) atoms. The summed E-state index contributed by atoms with van der Waals surface area (Å²) in [7, 11) is 0. The van der Waals surface area contributed by atoms with Gasteiger partial charge in [0.05, 0.1) is 11.4 Å². The minimum Gasteiger partial charge on any atom is -0.247 e. The Morgan fingerprint density at radius 2 is 1.20 bits per heavy atom. The standard InChI is InChI=1S/C26H18F3N/c1-17-12-23(20-13-21(27)15-22(28)14-20)24(29)16-25(17)30-26(18-8-4-2-5-9-18)19-10-6-3-7-11-19/h2-16H,1H3. The molecule has 0 fully saturated rings. The fourth-order valence-corrected chi connectivity index (χ4v) is 3.33. The molecular formula is C26H18F3N. The van der Waals surface area contributed by atoms with Gasteiger partial charge in [-0.2, -0.15) is 0 Å². The van der Waals surface area contributed by atoms with Crippen LogP contribution >= 0.6 is 0 Å². The van der Waals surface area contributed by atoms with E-state index in [9.17, 15) is 13.2 Å². The van der Waals surface area contributed by atoms with E-state index in [1.807, 2.05) is 60.7 Å². The Bertz CT molecular complexity index is 1150. The van der Waals surface area contributed by atoms with Crippen molar-refractivity contribution >= 4 is 11.4 Å². The quantitative estimate of drug-likeness (QED) is 0.319. The maximum atomic E-state index is 14.9. The summed E-state index contributed by atoms with van der Waals surface area (Å²) < 4.78 is 42.1. The molecule has 0 N–H and O–H groups in total. The van der Waals surface area contributed by atoms with Gasteiger partial charge in [0.1, 0.15) is 17.5 Å². The molecule has 0 bridgehead atoms. The Labute approximate surface area is 173 Å². The smallest absolute Gasteiger partial charge is 0.133 e. The monoisotopic (exact) mass is 401 g/mol. The first-order chi connectivity index (χ1) is 14.5. The van der Waals surface area contributed by atoms with Crippen molar-refractivity contribution in [3.63, 3.8) is 0 Å². The molecule has 0 aliphatic carbocycles. The Kier molecular flexibility index (Phi) is 5.48. The van der Waals surface area contributed by atoms with E-state index in [1.165, 1.54) is 6.07 Å². The number of benzene rings is 4. The molecule has 0 spiro atoms. The number of aryl methyl sites for hydroxylation is 1. The summed E-state index contributed by atoms with van der Waals surface area (Å²) in [4.78, 5) is 4.76. The molecule has 1 nitrogen and oxygen atoms in total. The zero-order valence-corrected chi connectivity index (χ0v) is 16.2. The molecule has 0 heterocycles. The average Bonchev–Trinajstić information content (AvgIpc) is 2.74. The second kappa shape index (κ2) is 8.37. The molecular weight excluding hydrogens is 383 g/mol. The molecule has 0 aliphatic rings. The highest BCUT2D eigenvalue weighted by Gasteiger charge is 2.13. The summed E-state index contributed by atoms with van der Waals surface area (Å²) in [6.45, 7) is 1.80. The van der Waals surface area contributed by atoms with Gasteiger partial charge in [0, 0.05) is 28.8 Å². The van der Waals surface area contributed by atoms with Gasteiger partial charge in [-0.15, -0.1) is 0 Å². The second-order valence-corrected chi connectivity index (χ2v) is 6.97. The van der Waals surface area contributed by atoms with Gasteiger partial charge in [0.25, 0.3) is 0 Å². The second-order valence-electron chi connectivity index (χ2n) is 6.97. The molecule has 148 valence electrons. The lowest BCUT2D eigenvalue weighted by molar-refractivity contribution is 0.583. The molecule has 0 unspecified atom stereocenters. The first-order valence-electron chi connectivity index (χ1n) is 9.47. The zero-order chi connectivity index (χ0) is 21.1. The van der Waals surface area contributed by atoms with E-state index in [4.69, 9.17) is 4.99 Å². The average molecular weight is 401 g/mol. The van der Waals surface area contributed by atoms with Crippen molar-refractivity contribution in [1.82, 2.24) is 0 Å². The van der Waals surface area contributed by atoms with Crippen LogP contribution in [-0.2, 0) is 0 Å². The number of aliphatic imine (C=N–C) groups is 1. The molecule has 0 atom stereocenters. The maximum Gasteiger partial charge on any atom is 0.133 e. The summed E-state index contributed by atoms with van der Waals surface area (Å²) in [5, 5.41) is 0. The minimum atomic E-state index is -0.750. The van der Waals surface area contributed by atoms with Crippen molar-refractivity contribution in [2.24, 2.45) is 4.99 Å². The Morgan fingerprint density at radius 1 is 0.667 bits per heavy atom. The van der Waals surface area contributed by atoms with Crippen molar-refractivity contribution in [3.05, 3.63) is 125 Å². The molecule has 4 heteroatoms. The Hall–Kier alpha value is -3.66. The Morgan fingerprint density at radius 3 is 1.73 bits per heavy atom. The van der Waals surface area contributed by atoms with E-state index >= 15 is 0 Å². The first-order valence-corrected chi connectivity index (χ1v) is 9.47. The third kappa shape index (κ3) is 4.18. The van der Waals surface area contributed by atoms with Crippen molar-refractivity contribution in [1.29, 1.82) is 0 Å². The van der Waals surface area contributed by atoms with E-state index in [0.29, 0.717) is 17.0 Å². The van der Waals surface area contributed by atoms with Crippen LogP contribution in [0.5, 0.6) is 0 Å². The number of hydrogen-bond donors (Lipinski definition) is 0. The maximum absolute atomic E-state index is 14.9. The van der Waals surface area contributed by atoms with Gasteiger partial charge in [0.2, 0.25) is 0 Å². The normalized spacial score (nSPS) is 10.7. The molecule has 4 aromatic rings. The Balaban J connectivity index is 1.84. The fraction of sp³-hybridized carbons (Fsp3) is 0.0385. The predicted molar refractivity (Wildman–Crippen MR) is 115 cm³/mol. The first kappa shape index (κ1) is 19.6. The van der Waals surface area contributed by atoms with Gasteiger partial charge in [-0.25, -0.2) is 18.2 Å². The van der Waals surface area contributed by atoms with Crippen LogP contribution in [0.4, 0.5) is 18.9 Å². The number of rotatable bonds is 4. The summed E-state index contributed by atoms with van der Waals surface area (Å²) in [6.07, 6.45) is 0. The molecule has 0 aliphatic heterocycles. The van der Waals surface area contributed by atoms with Crippen molar-refractivity contribution in [3.8, 4) is 11.1 Å². The van der Waals surface area contributed by atoms with Crippen molar-refractivity contribution < 1.29 is 13.2 Å². The highest BCUT2D eigenvalue weighted by atomic mass is 19.1. The van der Waals surface area contributed by atoms with E-state index in [-0.39, 0.29) is 11.1 Å². The summed E-state index contributed by atoms with van der Waals surface area (Å²) >= 11 is 0. The lowest BCUT2D eigenvalue weighted by atomic mass is 10.00. The minimum absolute atomic E-state index is 0.130. The van der Waals surface area contributed by atoms with Gasteiger partial charge < -0.3 is 0 Å². The molecule has 0 amide bonds. The summed E-state index contributed by atoms with van der Waals surface area (Å²) in [6, 6.07) is 25.2. The lowest BCUT2D eigenvalue weighted by Crippen LogP contribution is -2.03. The van der Waals surface area contributed by atoms with Gasteiger partial charge in [-0.1, -0.05) is 60.7 Å². The van der Waals surface area contributed by atoms with E-state index in [0.717, 1.165) is 29.3 Å². The number of nitrogens with zero attached hydrogens (tertiary/aromatic N) is 1. The summed E-state index contributed by atoms with van der Waals surface area (Å²) in [5.74, 6) is -2.09. The van der Waals surface area contributed by atoms with Gasteiger partial charge in [0.15, 0.2) is 0 Å². The molecule has 0 radical (unpaired) electrons. The van der Waals surface area contributed by atoms with Crippen LogP contribution in [0.1, 0.15) is 16.7 Å². The molecule has 4 aromatic carbocycles.